The van der Waals surface area contributed by atoms with Gasteiger partial charge in [0.25, 0.3) is 0 Å². The van der Waals surface area contributed by atoms with E-state index in [0.717, 1.165) is 6.42 Å². The smallest absolute Gasteiger partial charge is 0.140 e. The summed E-state index contributed by atoms with van der Waals surface area (Å²) < 4.78 is 5.79. The number of unbranched alkanes of at least 4 members (excludes halogenated alkanes) is 2. The molecule has 0 amide bonds. The van der Waals surface area contributed by atoms with E-state index in [-0.39, 0.29) is 18.1 Å². The van der Waals surface area contributed by atoms with Gasteiger partial charge < -0.3 is 4.74 Å². The minimum atomic E-state index is 0.114. The second-order valence-electron chi connectivity index (χ2n) is 4.44. The molecular weight excluding hydrogens is 176 g/mol. The predicted octanol–water partition coefficient (Wildman–Crippen LogP) is 2.95. The molecule has 82 valence electrons. The van der Waals surface area contributed by atoms with Gasteiger partial charge in [-0.1, -0.05) is 33.1 Å². The molecule has 0 aromatic carbocycles. The van der Waals surface area contributed by atoms with Crippen molar-refractivity contribution in [2.75, 3.05) is 0 Å². The van der Waals surface area contributed by atoms with Gasteiger partial charge >= 0.3 is 0 Å². The van der Waals surface area contributed by atoms with Crippen molar-refractivity contribution in [3.63, 3.8) is 0 Å². The van der Waals surface area contributed by atoms with Crippen LogP contribution in [0.25, 0.3) is 0 Å². The fourth-order valence-corrected chi connectivity index (χ4v) is 2.05. The van der Waals surface area contributed by atoms with Crippen molar-refractivity contribution in [2.45, 2.75) is 65.1 Å². The number of Topliss-reactive ketones (excluding diaryl/α,β-unsaturated/α-hetero) is 1. The van der Waals surface area contributed by atoms with Gasteiger partial charge in [0.1, 0.15) is 5.78 Å². The average molecular weight is 198 g/mol. The first-order valence-electron chi connectivity index (χ1n) is 5.83. The number of carbonyl (C=O) groups excluding carboxylic acids is 1. The lowest BCUT2D eigenvalue weighted by atomic mass is 9.89. The summed E-state index contributed by atoms with van der Waals surface area (Å²) in [5.74, 6) is 0.494. The fourth-order valence-electron chi connectivity index (χ4n) is 2.05. The fraction of sp³-hybridized carbons (Fsp3) is 0.917. The molecular formula is C12H22O2. The topological polar surface area (TPSA) is 26.3 Å². The predicted molar refractivity (Wildman–Crippen MR) is 57.3 cm³/mol. The lowest BCUT2D eigenvalue weighted by Crippen LogP contribution is -2.38. The maximum atomic E-state index is 11.6. The van der Waals surface area contributed by atoms with E-state index in [4.69, 9.17) is 4.74 Å². The zero-order valence-electron chi connectivity index (χ0n) is 9.58. The Balaban J connectivity index is 2.37. The molecule has 0 radical (unpaired) electrons. The van der Waals surface area contributed by atoms with Crippen LogP contribution in [0.15, 0.2) is 0 Å². The van der Waals surface area contributed by atoms with Crippen molar-refractivity contribution < 1.29 is 9.53 Å². The van der Waals surface area contributed by atoms with Crippen LogP contribution in [0.1, 0.15) is 52.9 Å². The Morgan fingerprint density at radius 2 is 2.07 bits per heavy atom. The summed E-state index contributed by atoms with van der Waals surface area (Å²) in [4.78, 5) is 11.6. The number of ketones is 1. The second kappa shape index (κ2) is 5.50. The van der Waals surface area contributed by atoms with Crippen LogP contribution in [0.5, 0.6) is 0 Å². The normalized spacial score (nSPS) is 33.4. The molecule has 0 bridgehead atoms. The molecule has 0 aromatic heterocycles. The van der Waals surface area contributed by atoms with E-state index >= 15 is 0 Å². The van der Waals surface area contributed by atoms with Crippen molar-refractivity contribution in [3.05, 3.63) is 0 Å². The van der Waals surface area contributed by atoms with Crippen LogP contribution in [0, 0.1) is 5.92 Å². The first-order valence-corrected chi connectivity index (χ1v) is 5.83. The van der Waals surface area contributed by atoms with Gasteiger partial charge in [-0.3, -0.25) is 4.79 Å². The van der Waals surface area contributed by atoms with Crippen molar-refractivity contribution in [1.82, 2.24) is 0 Å². The standard InChI is InChI=1S/C12H22O2/c1-4-5-6-7-12-10(3)11(13)8-9(2)14-12/h9-10,12H,4-8H2,1-3H3/t9-,10+,12+/m0/s1. The van der Waals surface area contributed by atoms with Crippen LogP contribution < -0.4 is 0 Å². The Bertz CT molecular complexity index is 189. The number of hydrogen-bond donors (Lipinski definition) is 0. The quantitative estimate of drug-likeness (QED) is 0.649. The minimum Gasteiger partial charge on any atom is -0.374 e. The number of carbonyl (C=O) groups is 1. The molecule has 0 aromatic rings. The molecule has 1 fully saturated rings. The maximum Gasteiger partial charge on any atom is 0.140 e. The molecule has 1 aliphatic heterocycles. The van der Waals surface area contributed by atoms with Crippen LogP contribution >= 0.6 is 0 Å². The summed E-state index contributed by atoms with van der Waals surface area (Å²) >= 11 is 0. The molecule has 1 aliphatic rings. The summed E-state index contributed by atoms with van der Waals surface area (Å²) in [6.45, 7) is 6.19. The molecule has 1 heterocycles. The van der Waals surface area contributed by atoms with Gasteiger partial charge in [0.05, 0.1) is 12.2 Å². The van der Waals surface area contributed by atoms with Gasteiger partial charge in [0.2, 0.25) is 0 Å². The van der Waals surface area contributed by atoms with Gasteiger partial charge in [-0.15, -0.1) is 0 Å². The van der Waals surface area contributed by atoms with Crippen molar-refractivity contribution >= 4 is 5.78 Å². The van der Waals surface area contributed by atoms with E-state index in [9.17, 15) is 4.79 Å². The van der Waals surface area contributed by atoms with Gasteiger partial charge in [0, 0.05) is 12.3 Å². The monoisotopic (exact) mass is 198 g/mol. The third-order valence-electron chi connectivity index (χ3n) is 3.05. The van der Waals surface area contributed by atoms with Crippen LogP contribution in [0.2, 0.25) is 0 Å². The third-order valence-corrected chi connectivity index (χ3v) is 3.05. The van der Waals surface area contributed by atoms with E-state index in [0.29, 0.717) is 12.2 Å². The molecule has 1 saturated heterocycles. The van der Waals surface area contributed by atoms with E-state index in [1.807, 2.05) is 13.8 Å². The second-order valence-corrected chi connectivity index (χ2v) is 4.44. The first kappa shape index (κ1) is 11.7. The molecule has 0 aliphatic carbocycles. The molecule has 0 spiro atoms. The summed E-state index contributed by atoms with van der Waals surface area (Å²) in [5.41, 5.74) is 0. The highest BCUT2D eigenvalue weighted by Crippen LogP contribution is 2.25. The lowest BCUT2D eigenvalue weighted by Gasteiger charge is -2.32. The summed E-state index contributed by atoms with van der Waals surface area (Å²) in [6.07, 6.45) is 5.62. The summed E-state index contributed by atoms with van der Waals surface area (Å²) in [5, 5.41) is 0. The molecule has 3 atom stereocenters. The third kappa shape index (κ3) is 3.09. The summed E-state index contributed by atoms with van der Waals surface area (Å²) in [7, 11) is 0. The van der Waals surface area contributed by atoms with Gasteiger partial charge in [0.15, 0.2) is 0 Å². The Kier molecular flexibility index (Phi) is 4.59. The highest BCUT2D eigenvalue weighted by Gasteiger charge is 2.31. The van der Waals surface area contributed by atoms with E-state index in [1.54, 1.807) is 0 Å². The molecule has 14 heavy (non-hydrogen) atoms. The van der Waals surface area contributed by atoms with Gasteiger partial charge in [-0.05, 0) is 13.3 Å². The summed E-state index contributed by atoms with van der Waals surface area (Å²) in [6, 6.07) is 0. The van der Waals surface area contributed by atoms with Crippen LogP contribution in [-0.4, -0.2) is 18.0 Å². The highest BCUT2D eigenvalue weighted by molar-refractivity contribution is 5.82. The lowest BCUT2D eigenvalue weighted by molar-refractivity contribution is -0.143. The van der Waals surface area contributed by atoms with Crippen LogP contribution in [0.4, 0.5) is 0 Å². The molecule has 1 rings (SSSR count). The number of hydrogen-bond acceptors (Lipinski definition) is 2. The largest absolute Gasteiger partial charge is 0.374 e. The van der Waals surface area contributed by atoms with Gasteiger partial charge in [-0.25, -0.2) is 0 Å². The van der Waals surface area contributed by atoms with Gasteiger partial charge in [-0.2, -0.15) is 0 Å². The SMILES string of the molecule is CCCCC[C@H]1O[C@@H](C)CC(=O)[C@H]1C. The van der Waals surface area contributed by atoms with Crippen LogP contribution in [0.3, 0.4) is 0 Å². The van der Waals surface area contributed by atoms with E-state index in [2.05, 4.69) is 6.92 Å². The molecule has 0 N–H and O–H groups in total. The average Bonchev–Trinajstić information content (AvgIpc) is 2.13. The first-order chi connectivity index (χ1) is 6.65. The van der Waals surface area contributed by atoms with Crippen molar-refractivity contribution in [2.24, 2.45) is 5.92 Å². The van der Waals surface area contributed by atoms with Crippen LogP contribution in [-0.2, 0) is 9.53 Å². The maximum absolute atomic E-state index is 11.6. The van der Waals surface area contributed by atoms with E-state index in [1.165, 1.54) is 19.3 Å². The Hall–Kier alpha value is -0.370. The van der Waals surface area contributed by atoms with Crippen molar-refractivity contribution in [1.29, 1.82) is 0 Å². The Morgan fingerprint density at radius 1 is 1.36 bits per heavy atom. The Morgan fingerprint density at radius 3 is 2.71 bits per heavy atom. The molecule has 0 unspecified atom stereocenters. The van der Waals surface area contributed by atoms with E-state index < -0.39 is 0 Å². The zero-order chi connectivity index (χ0) is 10.6. The highest BCUT2D eigenvalue weighted by atomic mass is 16.5. The molecule has 2 nitrogen and oxygen atoms in total. The number of rotatable bonds is 4. The molecule has 0 saturated carbocycles. The molecule has 2 heteroatoms. The zero-order valence-corrected chi connectivity index (χ0v) is 9.58. The minimum absolute atomic E-state index is 0.114. The number of ether oxygens (including phenoxy) is 1. The van der Waals surface area contributed by atoms with Crippen molar-refractivity contribution in [3.8, 4) is 0 Å². The Labute approximate surface area is 87.0 Å².